The number of likely N-dealkylation sites (N-methyl/N-ethyl adjacent to an activating group) is 1. The van der Waals surface area contributed by atoms with Gasteiger partial charge in [-0.15, -0.1) is 11.3 Å². The van der Waals surface area contributed by atoms with Gasteiger partial charge in [-0.3, -0.25) is 9.69 Å². The molecule has 1 aliphatic heterocycles. The fraction of sp³-hybridized carbons (Fsp3) is 0.385. The monoisotopic (exact) mass is 464 g/mol. The number of carbonyl (C=O) groups is 1. The number of para-hydroxylation sites is 2. The van der Waals surface area contributed by atoms with Crippen molar-refractivity contribution in [1.82, 2.24) is 14.8 Å². The maximum Gasteiger partial charge on any atom is 0.230 e. The highest BCUT2D eigenvalue weighted by molar-refractivity contribution is 7.13. The number of hydrogen-bond donors (Lipinski definition) is 1. The van der Waals surface area contributed by atoms with Crippen LogP contribution >= 0.6 is 11.3 Å². The molecule has 2 heterocycles. The maximum atomic E-state index is 12.6. The Labute approximate surface area is 200 Å². The third-order valence-electron chi connectivity index (χ3n) is 5.72. The smallest absolute Gasteiger partial charge is 0.230 e. The molecule has 2 aromatic carbocycles. The average molecular weight is 465 g/mol. The first kappa shape index (κ1) is 23.4. The van der Waals surface area contributed by atoms with Crippen LogP contribution in [0.3, 0.4) is 0 Å². The molecular formula is C26H32N4O2S. The van der Waals surface area contributed by atoms with E-state index in [0.29, 0.717) is 18.0 Å². The number of benzene rings is 2. The zero-order valence-corrected chi connectivity index (χ0v) is 20.2. The summed E-state index contributed by atoms with van der Waals surface area (Å²) in [4.78, 5) is 22.2. The fourth-order valence-electron chi connectivity index (χ4n) is 3.80. The molecular weight excluding hydrogens is 432 g/mol. The van der Waals surface area contributed by atoms with E-state index in [9.17, 15) is 4.79 Å². The van der Waals surface area contributed by atoms with E-state index in [1.165, 1.54) is 5.56 Å². The van der Waals surface area contributed by atoms with Gasteiger partial charge in [0.15, 0.2) is 0 Å². The number of rotatable bonds is 9. The normalized spacial score (nSPS) is 14.8. The van der Waals surface area contributed by atoms with Crippen LogP contribution < -0.4 is 10.1 Å². The first-order chi connectivity index (χ1) is 16.1. The van der Waals surface area contributed by atoms with Crippen LogP contribution in [-0.2, 0) is 17.8 Å². The lowest BCUT2D eigenvalue weighted by Crippen LogP contribution is -2.43. The molecule has 1 aliphatic rings. The minimum atomic E-state index is -0.0954. The molecule has 1 saturated heterocycles. The van der Waals surface area contributed by atoms with Crippen molar-refractivity contribution in [3.63, 3.8) is 0 Å². The van der Waals surface area contributed by atoms with Crippen molar-refractivity contribution in [2.45, 2.75) is 26.3 Å². The number of piperazine rings is 1. The largest absolute Gasteiger partial charge is 0.491 e. The Morgan fingerprint density at radius 3 is 2.61 bits per heavy atom. The van der Waals surface area contributed by atoms with Crippen LogP contribution in [0.25, 0.3) is 10.6 Å². The summed E-state index contributed by atoms with van der Waals surface area (Å²) < 4.78 is 5.73. The maximum absolute atomic E-state index is 12.6. The quantitative estimate of drug-likeness (QED) is 0.504. The lowest BCUT2D eigenvalue weighted by molar-refractivity contribution is -0.115. The van der Waals surface area contributed by atoms with Crippen molar-refractivity contribution < 1.29 is 9.53 Å². The van der Waals surface area contributed by atoms with Gasteiger partial charge in [0.1, 0.15) is 10.8 Å². The van der Waals surface area contributed by atoms with Gasteiger partial charge in [-0.2, -0.15) is 0 Å². The number of hydrogen-bond acceptors (Lipinski definition) is 6. The number of thiazole rings is 1. The van der Waals surface area contributed by atoms with Crippen molar-refractivity contribution in [2.75, 3.05) is 45.2 Å². The van der Waals surface area contributed by atoms with Crippen molar-refractivity contribution >= 4 is 22.9 Å². The summed E-state index contributed by atoms with van der Waals surface area (Å²) in [5.74, 6) is 0.602. The highest BCUT2D eigenvalue weighted by Crippen LogP contribution is 2.26. The van der Waals surface area contributed by atoms with E-state index in [0.717, 1.165) is 55.4 Å². The molecule has 6 nitrogen and oxygen atoms in total. The van der Waals surface area contributed by atoms with Crippen LogP contribution in [0.4, 0.5) is 5.69 Å². The third kappa shape index (κ3) is 6.63. The summed E-state index contributed by atoms with van der Waals surface area (Å²) in [6.45, 7) is 8.16. The van der Waals surface area contributed by atoms with Gasteiger partial charge in [-0.1, -0.05) is 43.3 Å². The summed E-state index contributed by atoms with van der Waals surface area (Å²) in [7, 11) is 2.18. The molecule has 0 bridgehead atoms. The molecule has 0 saturated carbocycles. The van der Waals surface area contributed by atoms with Crippen molar-refractivity contribution in [3.8, 4) is 16.3 Å². The zero-order valence-electron chi connectivity index (χ0n) is 19.4. The van der Waals surface area contributed by atoms with Crippen LogP contribution in [0.1, 0.15) is 24.6 Å². The number of ether oxygens (including phenoxy) is 1. The van der Waals surface area contributed by atoms with E-state index < -0.39 is 0 Å². The number of anilines is 1. The van der Waals surface area contributed by atoms with Gasteiger partial charge in [-0.25, -0.2) is 4.98 Å². The van der Waals surface area contributed by atoms with Gasteiger partial charge >= 0.3 is 0 Å². The highest BCUT2D eigenvalue weighted by atomic mass is 32.1. The minimum Gasteiger partial charge on any atom is -0.491 e. The lowest BCUT2D eigenvalue weighted by atomic mass is 10.1. The molecule has 0 spiro atoms. The van der Waals surface area contributed by atoms with Gasteiger partial charge in [0.2, 0.25) is 5.91 Å². The molecule has 4 rings (SSSR count). The first-order valence-electron chi connectivity index (χ1n) is 11.6. The van der Waals surface area contributed by atoms with E-state index >= 15 is 0 Å². The Kier molecular flexibility index (Phi) is 8.10. The molecule has 1 N–H and O–H groups in total. The summed E-state index contributed by atoms with van der Waals surface area (Å²) in [6.07, 6.45) is 1.15. The molecule has 0 atom stereocenters. The summed E-state index contributed by atoms with van der Waals surface area (Å²) in [5, 5.41) is 5.86. The molecule has 0 unspecified atom stereocenters. The predicted octanol–water partition coefficient (Wildman–Crippen LogP) is 4.53. The first-order valence-corrected chi connectivity index (χ1v) is 12.4. The van der Waals surface area contributed by atoms with Gasteiger partial charge in [0.25, 0.3) is 0 Å². The minimum absolute atomic E-state index is 0.0954. The van der Waals surface area contributed by atoms with Gasteiger partial charge in [0, 0.05) is 43.7 Å². The lowest BCUT2D eigenvalue weighted by Gasteiger charge is -2.32. The van der Waals surface area contributed by atoms with Crippen molar-refractivity contribution in [3.05, 3.63) is 65.2 Å². The van der Waals surface area contributed by atoms with Crippen LogP contribution in [0.15, 0.2) is 53.9 Å². The molecule has 174 valence electrons. The van der Waals surface area contributed by atoms with Crippen molar-refractivity contribution in [2.24, 2.45) is 0 Å². The number of nitrogens with one attached hydrogen (secondary N) is 1. The average Bonchev–Trinajstić information content (AvgIpc) is 3.29. The van der Waals surface area contributed by atoms with Crippen LogP contribution in [0.5, 0.6) is 5.75 Å². The Balaban J connectivity index is 1.33. The van der Waals surface area contributed by atoms with Crippen LogP contribution in [-0.4, -0.2) is 60.5 Å². The van der Waals surface area contributed by atoms with E-state index in [-0.39, 0.29) is 12.3 Å². The SMILES string of the molecule is CCCOc1ccccc1NC(=O)Cc1csc(-c2ccc(CN3CCN(C)CC3)cc2)n1. The Bertz CT molecular complexity index is 1040. The van der Waals surface area contributed by atoms with Crippen LogP contribution in [0, 0.1) is 0 Å². The Morgan fingerprint density at radius 1 is 1.09 bits per heavy atom. The van der Waals surface area contributed by atoms with Crippen molar-refractivity contribution in [1.29, 1.82) is 0 Å². The number of carbonyl (C=O) groups excluding carboxylic acids is 1. The fourth-order valence-corrected chi connectivity index (χ4v) is 4.63. The molecule has 0 aliphatic carbocycles. The van der Waals surface area contributed by atoms with E-state index in [1.807, 2.05) is 29.6 Å². The molecule has 0 radical (unpaired) electrons. The molecule has 3 aromatic rings. The molecule has 1 fully saturated rings. The van der Waals surface area contributed by atoms with Gasteiger partial charge in [-0.05, 0) is 31.2 Å². The topological polar surface area (TPSA) is 57.7 Å². The summed E-state index contributed by atoms with van der Waals surface area (Å²) in [5.41, 5.74) is 3.89. The standard InChI is InChI=1S/C26H32N4O2S/c1-3-16-32-24-7-5-4-6-23(24)28-25(31)17-22-19-33-26(27-22)21-10-8-20(9-11-21)18-30-14-12-29(2)13-15-30/h4-11,19H,3,12-18H2,1-2H3,(H,28,31). The number of nitrogens with zero attached hydrogens (tertiary/aromatic N) is 3. The number of amides is 1. The summed E-state index contributed by atoms with van der Waals surface area (Å²) >= 11 is 1.58. The third-order valence-corrected chi connectivity index (χ3v) is 6.66. The Hall–Kier alpha value is -2.74. The second kappa shape index (κ2) is 11.4. The highest BCUT2D eigenvalue weighted by Gasteiger charge is 2.15. The van der Waals surface area contributed by atoms with Gasteiger partial charge in [0.05, 0.1) is 24.4 Å². The summed E-state index contributed by atoms with van der Waals surface area (Å²) in [6, 6.07) is 16.2. The zero-order chi connectivity index (χ0) is 23.0. The molecule has 33 heavy (non-hydrogen) atoms. The molecule has 1 amide bonds. The van der Waals surface area contributed by atoms with E-state index in [1.54, 1.807) is 11.3 Å². The molecule has 7 heteroatoms. The molecule has 1 aromatic heterocycles. The van der Waals surface area contributed by atoms with E-state index in [2.05, 4.69) is 53.4 Å². The predicted molar refractivity (Wildman–Crippen MR) is 135 cm³/mol. The van der Waals surface area contributed by atoms with E-state index in [4.69, 9.17) is 9.72 Å². The Morgan fingerprint density at radius 2 is 1.85 bits per heavy atom. The van der Waals surface area contributed by atoms with Crippen LogP contribution in [0.2, 0.25) is 0 Å². The second-order valence-corrected chi connectivity index (χ2v) is 9.35. The number of aromatic nitrogens is 1. The van der Waals surface area contributed by atoms with Gasteiger partial charge < -0.3 is 15.0 Å². The second-order valence-electron chi connectivity index (χ2n) is 8.49.